The lowest BCUT2D eigenvalue weighted by atomic mass is 10.1. The lowest BCUT2D eigenvalue weighted by Gasteiger charge is -2.24. The molecule has 0 aliphatic carbocycles. The minimum absolute atomic E-state index is 0.0274. The zero-order chi connectivity index (χ0) is 22.5. The second-order valence-corrected chi connectivity index (χ2v) is 8.05. The third-order valence-corrected chi connectivity index (χ3v) is 5.54. The van der Waals surface area contributed by atoms with E-state index in [0.717, 1.165) is 10.6 Å². The van der Waals surface area contributed by atoms with Crippen molar-refractivity contribution in [3.8, 4) is 11.5 Å². The van der Waals surface area contributed by atoms with Crippen molar-refractivity contribution in [1.29, 1.82) is 0 Å². The van der Waals surface area contributed by atoms with E-state index in [9.17, 15) is 18.0 Å². The fourth-order valence-electron chi connectivity index (χ4n) is 2.91. The fraction of sp³-hybridized carbons (Fsp3) is 0.300. The van der Waals surface area contributed by atoms with Crippen LogP contribution in [0.25, 0.3) is 0 Å². The number of benzene rings is 2. The van der Waals surface area contributed by atoms with Gasteiger partial charge in [-0.05, 0) is 25.1 Å². The zero-order valence-electron chi connectivity index (χ0n) is 17.4. The van der Waals surface area contributed by atoms with Crippen LogP contribution >= 0.6 is 0 Å². The Morgan fingerprint density at radius 1 is 1.00 bits per heavy atom. The van der Waals surface area contributed by atoms with Crippen molar-refractivity contribution in [3.63, 3.8) is 0 Å². The predicted octanol–water partition coefficient (Wildman–Crippen LogP) is 2.53. The van der Waals surface area contributed by atoms with E-state index in [0.29, 0.717) is 0 Å². The molecule has 1 amide bonds. The number of rotatable bonds is 8. The van der Waals surface area contributed by atoms with Crippen LogP contribution in [0.2, 0.25) is 0 Å². The van der Waals surface area contributed by atoms with Gasteiger partial charge in [-0.15, -0.1) is 0 Å². The minimum Gasteiger partial charge on any atom is -0.493 e. The first kappa shape index (κ1) is 23.0. The van der Waals surface area contributed by atoms with Gasteiger partial charge in [-0.2, -0.15) is 0 Å². The van der Waals surface area contributed by atoms with Gasteiger partial charge in [-0.25, -0.2) is 13.2 Å². The Hall–Kier alpha value is -3.27. The van der Waals surface area contributed by atoms with E-state index in [1.165, 1.54) is 39.5 Å². The van der Waals surface area contributed by atoms with Gasteiger partial charge >= 0.3 is 5.97 Å². The molecule has 10 heteroatoms. The number of esters is 1. The Bertz CT molecular complexity index is 1050. The number of carbonyl (C=O) groups excluding carboxylic acids is 2. The molecule has 0 heterocycles. The molecule has 162 valence electrons. The number of ether oxygens (including phenoxy) is 3. The van der Waals surface area contributed by atoms with E-state index in [1.807, 2.05) is 0 Å². The van der Waals surface area contributed by atoms with Crippen LogP contribution in [0.1, 0.15) is 27.6 Å². The highest BCUT2D eigenvalue weighted by Crippen LogP contribution is 2.36. The summed E-state index contributed by atoms with van der Waals surface area (Å²) in [6, 6.07) is 9.13. The fourth-order valence-corrected chi connectivity index (χ4v) is 3.89. The maximum absolute atomic E-state index is 13.1. The van der Waals surface area contributed by atoms with Gasteiger partial charge in [0.1, 0.15) is 0 Å². The lowest BCUT2D eigenvalue weighted by Crippen LogP contribution is -2.31. The molecule has 0 unspecified atom stereocenters. The van der Waals surface area contributed by atoms with E-state index in [-0.39, 0.29) is 40.5 Å². The molecule has 0 aromatic heterocycles. The molecule has 0 aliphatic heterocycles. The number of hydrogen-bond donors (Lipinski definition) is 1. The van der Waals surface area contributed by atoms with Crippen molar-refractivity contribution >= 4 is 33.3 Å². The van der Waals surface area contributed by atoms with Crippen LogP contribution in [0.5, 0.6) is 11.5 Å². The molecular weight excluding hydrogens is 412 g/mol. The third-order valence-electron chi connectivity index (χ3n) is 4.28. The van der Waals surface area contributed by atoms with Crippen LogP contribution in [-0.4, -0.2) is 54.4 Å². The summed E-state index contributed by atoms with van der Waals surface area (Å²) in [5.41, 5.74) is 0.522. The zero-order valence-corrected chi connectivity index (χ0v) is 18.2. The van der Waals surface area contributed by atoms with E-state index >= 15 is 0 Å². The van der Waals surface area contributed by atoms with Crippen molar-refractivity contribution in [2.24, 2.45) is 0 Å². The number of anilines is 2. The SMILES string of the molecule is CCN(c1cc(OC)c(OC)cc1C(=O)Nc1ccccc1C(=O)OC)S(C)(=O)=O. The average Bonchev–Trinajstić information content (AvgIpc) is 2.72. The topological polar surface area (TPSA) is 111 Å². The summed E-state index contributed by atoms with van der Waals surface area (Å²) in [5.74, 6) is -0.743. The maximum Gasteiger partial charge on any atom is 0.339 e. The minimum atomic E-state index is -3.68. The number of nitrogens with zero attached hydrogens (tertiary/aromatic N) is 1. The molecule has 30 heavy (non-hydrogen) atoms. The lowest BCUT2D eigenvalue weighted by molar-refractivity contribution is 0.0602. The molecule has 0 radical (unpaired) electrons. The number of para-hydroxylation sites is 1. The second-order valence-electron chi connectivity index (χ2n) is 6.14. The van der Waals surface area contributed by atoms with Gasteiger partial charge < -0.3 is 19.5 Å². The number of methoxy groups -OCH3 is 3. The first-order valence-corrected chi connectivity index (χ1v) is 10.7. The standard InChI is InChI=1S/C20H24N2O7S/c1-6-22(30(5,25)26)16-12-18(28-3)17(27-2)11-14(16)19(23)21-15-10-8-7-9-13(15)20(24)29-4/h7-12H,6H2,1-5H3,(H,21,23). The molecular formula is C20H24N2O7S. The predicted molar refractivity (Wildman–Crippen MR) is 113 cm³/mol. The quantitative estimate of drug-likeness (QED) is 0.633. The molecule has 0 fully saturated rings. The molecule has 0 saturated heterocycles. The summed E-state index contributed by atoms with van der Waals surface area (Å²) < 4.78 is 40.9. The van der Waals surface area contributed by atoms with Gasteiger partial charge in [0.15, 0.2) is 11.5 Å². The second kappa shape index (κ2) is 9.49. The summed E-state index contributed by atoms with van der Waals surface area (Å²) >= 11 is 0. The van der Waals surface area contributed by atoms with Crippen molar-refractivity contribution in [2.75, 3.05) is 43.8 Å². The van der Waals surface area contributed by atoms with Crippen molar-refractivity contribution in [1.82, 2.24) is 0 Å². The third kappa shape index (κ3) is 4.82. The van der Waals surface area contributed by atoms with Gasteiger partial charge in [0.05, 0.1) is 50.1 Å². The molecule has 9 nitrogen and oxygen atoms in total. The first-order chi connectivity index (χ1) is 14.2. The summed E-state index contributed by atoms with van der Waals surface area (Å²) in [4.78, 5) is 25.1. The van der Waals surface area contributed by atoms with Crippen LogP contribution < -0.4 is 19.1 Å². The van der Waals surface area contributed by atoms with Crippen molar-refractivity contribution in [3.05, 3.63) is 47.5 Å². The van der Waals surface area contributed by atoms with Gasteiger partial charge in [-0.1, -0.05) is 12.1 Å². The monoisotopic (exact) mass is 436 g/mol. The molecule has 0 atom stereocenters. The summed E-state index contributed by atoms with van der Waals surface area (Å²) in [7, 11) is 0.361. The summed E-state index contributed by atoms with van der Waals surface area (Å²) in [5, 5.41) is 2.64. The Balaban J connectivity index is 2.62. The Morgan fingerprint density at radius 2 is 1.60 bits per heavy atom. The highest BCUT2D eigenvalue weighted by atomic mass is 32.2. The highest BCUT2D eigenvalue weighted by molar-refractivity contribution is 7.92. The van der Waals surface area contributed by atoms with E-state index < -0.39 is 21.9 Å². The normalized spacial score (nSPS) is 10.8. The summed E-state index contributed by atoms with van der Waals surface area (Å²) in [6.45, 7) is 1.74. The maximum atomic E-state index is 13.1. The van der Waals surface area contributed by atoms with E-state index in [1.54, 1.807) is 25.1 Å². The van der Waals surface area contributed by atoms with Crippen LogP contribution in [0, 0.1) is 0 Å². The van der Waals surface area contributed by atoms with Gasteiger partial charge in [0, 0.05) is 12.6 Å². The highest BCUT2D eigenvalue weighted by Gasteiger charge is 2.26. The molecule has 0 spiro atoms. The van der Waals surface area contributed by atoms with E-state index in [2.05, 4.69) is 5.32 Å². The Kier molecular flexibility index (Phi) is 7.28. The molecule has 0 bridgehead atoms. The van der Waals surface area contributed by atoms with Crippen LogP contribution in [-0.2, 0) is 14.8 Å². The number of nitrogens with one attached hydrogen (secondary N) is 1. The van der Waals surface area contributed by atoms with Crippen LogP contribution in [0.4, 0.5) is 11.4 Å². The average molecular weight is 436 g/mol. The van der Waals surface area contributed by atoms with Crippen molar-refractivity contribution < 1.29 is 32.2 Å². The van der Waals surface area contributed by atoms with Gasteiger partial charge in [0.25, 0.3) is 5.91 Å². The Labute approximate surface area is 175 Å². The summed E-state index contributed by atoms with van der Waals surface area (Å²) in [6.07, 6.45) is 1.04. The van der Waals surface area contributed by atoms with Gasteiger partial charge in [-0.3, -0.25) is 9.10 Å². The van der Waals surface area contributed by atoms with Gasteiger partial charge in [0.2, 0.25) is 10.0 Å². The van der Waals surface area contributed by atoms with E-state index in [4.69, 9.17) is 14.2 Å². The number of hydrogen-bond acceptors (Lipinski definition) is 7. The molecule has 2 aromatic rings. The molecule has 0 saturated carbocycles. The molecule has 2 aromatic carbocycles. The first-order valence-electron chi connectivity index (χ1n) is 8.90. The number of sulfonamides is 1. The molecule has 0 aliphatic rings. The van der Waals surface area contributed by atoms with Crippen LogP contribution in [0.3, 0.4) is 0 Å². The molecule has 1 N–H and O–H groups in total. The smallest absolute Gasteiger partial charge is 0.339 e. The number of carbonyl (C=O) groups is 2. The largest absolute Gasteiger partial charge is 0.493 e. The van der Waals surface area contributed by atoms with Crippen LogP contribution in [0.15, 0.2) is 36.4 Å². The Morgan fingerprint density at radius 3 is 2.13 bits per heavy atom. The van der Waals surface area contributed by atoms with Crippen molar-refractivity contribution in [2.45, 2.75) is 6.92 Å². The molecule has 2 rings (SSSR count). The number of amides is 1.